The second-order valence-electron chi connectivity index (χ2n) is 4.32. The van der Waals surface area contributed by atoms with E-state index in [0.29, 0.717) is 11.3 Å². The van der Waals surface area contributed by atoms with E-state index in [9.17, 15) is 9.90 Å². The van der Waals surface area contributed by atoms with Crippen molar-refractivity contribution >= 4 is 11.6 Å². The van der Waals surface area contributed by atoms with E-state index in [1.165, 1.54) is 7.11 Å². The summed E-state index contributed by atoms with van der Waals surface area (Å²) >= 11 is 0. The molecule has 2 rings (SSSR count). The lowest BCUT2D eigenvalue weighted by molar-refractivity contribution is 0.102. The maximum Gasteiger partial charge on any atom is 0.261 e. The van der Waals surface area contributed by atoms with Gasteiger partial charge in [0.2, 0.25) is 5.88 Å². The predicted octanol–water partition coefficient (Wildman–Crippen LogP) is 2.40. The number of aliphatic hydroxyl groups excluding tert-OH is 1. The number of pyridine rings is 1. The second kappa shape index (κ2) is 6.16. The highest BCUT2D eigenvalue weighted by Gasteiger charge is 2.13. The first-order valence-electron chi connectivity index (χ1n) is 6.20. The summed E-state index contributed by atoms with van der Waals surface area (Å²) in [5.74, 6) is -0.0330. The van der Waals surface area contributed by atoms with Crippen molar-refractivity contribution in [2.75, 3.05) is 12.4 Å². The Morgan fingerprint density at radius 1 is 1.35 bits per heavy atom. The van der Waals surface area contributed by atoms with Gasteiger partial charge in [0.15, 0.2) is 0 Å². The van der Waals surface area contributed by atoms with Gasteiger partial charge in [-0.05, 0) is 36.8 Å². The zero-order chi connectivity index (χ0) is 14.5. The maximum atomic E-state index is 12.2. The van der Waals surface area contributed by atoms with Gasteiger partial charge < -0.3 is 15.2 Å². The highest BCUT2D eigenvalue weighted by molar-refractivity contribution is 6.05. The van der Waals surface area contributed by atoms with Crippen LogP contribution < -0.4 is 10.1 Å². The van der Waals surface area contributed by atoms with E-state index in [1.54, 1.807) is 49.5 Å². The largest absolute Gasteiger partial charge is 0.480 e. The van der Waals surface area contributed by atoms with Crippen LogP contribution in [0.2, 0.25) is 0 Å². The fourth-order valence-electron chi connectivity index (χ4n) is 1.80. The molecule has 0 saturated carbocycles. The zero-order valence-electron chi connectivity index (χ0n) is 11.3. The Morgan fingerprint density at radius 3 is 2.85 bits per heavy atom. The lowest BCUT2D eigenvalue weighted by atomic mass is 10.1. The number of hydrogen-bond donors (Lipinski definition) is 2. The molecule has 5 nitrogen and oxygen atoms in total. The summed E-state index contributed by atoms with van der Waals surface area (Å²) in [6.45, 7) is 1.67. The number of nitrogens with one attached hydrogen (secondary N) is 1. The van der Waals surface area contributed by atoms with Crippen LogP contribution in [0.1, 0.15) is 28.9 Å². The molecule has 0 aliphatic carbocycles. The molecule has 104 valence electrons. The van der Waals surface area contributed by atoms with Crippen LogP contribution >= 0.6 is 0 Å². The fraction of sp³-hybridized carbons (Fsp3) is 0.200. The van der Waals surface area contributed by atoms with Gasteiger partial charge in [-0.15, -0.1) is 0 Å². The average Bonchev–Trinajstić information content (AvgIpc) is 2.47. The molecule has 1 unspecified atom stereocenters. The van der Waals surface area contributed by atoms with Crippen molar-refractivity contribution in [1.82, 2.24) is 4.98 Å². The molecular weight excluding hydrogens is 256 g/mol. The molecule has 0 saturated heterocycles. The number of aromatic nitrogens is 1. The van der Waals surface area contributed by atoms with Crippen molar-refractivity contribution in [2.24, 2.45) is 0 Å². The van der Waals surface area contributed by atoms with Crippen LogP contribution in [0.25, 0.3) is 0 Å². The summed E-state index contributed by atoms with van der Waals surface area (Å²) in [4.78, 5) is 16.2. The lowest BCUT2D eigenvalue weighted by Crippen LogP contribution is -2.14. The summed E-state index contributed by atoms with van der Waals surface area (Å²) in [5, 5.41) is 12.3. The second-order valence-corrected chi connectivity index (χ2v) is 4.32. The third kappa shape index (κ3) is 3.13. The Labute approximate surface area is 117 Å². The summed E-state index contributed by atoms with van der Waals surface area (Å²) in [5.41, 5.74) is 1.71. The number of ether oxygens (including phenoxy) is 1. The summed E-state index contributed by atoms with van der Waals surface area (Å²) in [7, 11) is 1.47. The predicted molar refractivity (Wildman–Crippen MR) is 75.8 cm³/mol. The van der Waals surface area contributed by atoms with Gasteiger partial charge in [-0.25, -0.2) is 4.98 Å². The van der Waals surface area contributed by atoms with E-state index >= 15 is 0 Å². The molecule has 5 heteroatoms. The van der Waals surface area contributed by atoms with Gasteiger partial charge >= 0.3 is 0 Å². The molecule has 0 radical (unpaired) electrons. The van der Waals surface area contributed by atoms with Crippen molar-refractivity contribution in [1.29, 1.82) is 0 Å². The summed E-state index contributed by atoms with van der Waals surface area (Å²) in [6.07, 6.45) is 0.976. The number of amides is 1. The molecule has 0 spiro atoms. The van der Waals surface area contributed by atoms with Crippen molar-refractivity contribution in [3.8, 4) is 5.88 Å². The van der Waals surface area contributed by atoms with E-state index in [4.69, 9.17) is 4.74 Å². The Hall–Kier alpha value is -2.40. The van der Waals surface area contributed by atoms with Gasteiger partial charge in [-0.3, -0.25) is 4.79 Å². The quantitative estimate of drug-likeness (QED) is 0.896. The third-order valence-corrected chi connectivity index (χ3v) is 2.84. The van der Waals surface area contributed by atoms with E-state index < -0.39 is 6.10 Å². The molecule has 20 heavy (non-hydrogen) atoms. The number of benzene rings is 1. The van der Waals surface area contributed by atoms with Crippen molar-refractivity contribution in [3.05, 3.63) is 53.7 Å². The Bertz CT molecular complexity index is 612. The average molecular weight is 272 g/mol. The number of rotatable bonds is 4. The molecule has 0 aliphatic heterocycles. The lowest BCUT2D eigenvalue weighted by Gasteiger charge is -2.10. The number of methoxy groups -OCH3 is 1. The minimum absolute atomic E-state index is 0.275. The number of hydrogen-bond acceptors (Lipinski definition) is 4. The molecule has 0 aliphatic rings. The van der Waals surface area contributed by atoms with Crippen molar-refractivity contribution in [2.45, 2.75) is 13.0 Å². The van der Waals surface area contributed by atoms with E-state index in [1.807, 2.05) is 0 Å². The normalized spacial score (nSPS) is 11.8. The number of anilines is 1. The molecule has 1 amide bonds. The molecular formula is C15H16N2O3. The molecule has 0 bridgehead atoms. The van der Waals surface area contributed by atoms with Crippen molar-refractivity contribution < 1.29 is 14.6 Å². The van der Waals surface area contributed by atoms with Gasteiger partial charge in [-0.1, -0.05) is 12.1 Å². The number of carbonyl (C=O) groups is 1. The topological polar surface area (TPSA) is 71.5 Å². The van der Waals surface area contributed by atoms with Crippen LogP contribution in [0.4, 0.5) is 5.69 Å². The third-order valence-electron chi connectivity index (χ3n) is 2.84. The van der Waals surface area contributed by atoms with E-state index in [-0.39, 0.29) is 11.8 Å². The number of carbonyl (C=O) groups excluding carboxylic acids is 1. The van der Waals surface area contributed by atoms with Gasteiger partial charge in [0.05, 0.1) is 13.2 Å². The molecule has 1 aromatic carbocycles. The first-order valence-corrected chi connectivity index (χ1v) is 6.20. The number of aliphatic hydroxyl groups is 1. The standard InChI is InChI=1S/C15H16N2O3/c1-10(18)11-5-3-6-12(9-11)17-14(19)13-7-4-8-16-15(13)20-2/h3-10,18H,1-2H3,(H,17,19). The molecule has 1 atom stereocenters. The smallest absolute Gasteiger partial charge is 0.261 e. The first-order chi connectivity index (χ1) is 9.61. The van der Waals surface area contributed by atoms with E-state index in [2.05, 4.69) is 10.3 Å². The minimum atomic E-state index is -0.584. The maximum absolute atomic E-state index is 12.2. The molecule has 2 aromatic rings. The van der Waals surface area contributed by atoms with Gasteiger partial charge in [0.1, 0.15) is 5.56 Å². The van der Waals surface area contributed by atoms with Gasteiger partial charge in [-0.2, -0.15) is 0 Å². The van der Waals surface area contributed by atoms with Crippen molar-refractivity contribution in [3.63, 3.8) is 0 Å². The Balaban J connectivity index is 2.21. The molecule has 1 heterocycles. The minimum Gasteiger partial charge on any atom is -0.480 e. The summed E-state index contributed by atoms with van der Waals surface area (Å²) < 4.78 is 5.05. The summed E-state index contributed by atoms with van der Waals surface area (Å²) in [6, 6.07) is 10.4. The Kier molecular flexibility index (Phi) is 4.32. The monoisotopic (exact) mass is 272 g/mol. The highest BCUT2D eigenvalue weighted by Crippen LogP contribution is 2.19. The highest BCUT2D eigenvalue weighted by atomic mass is 16.5. The number of nitrogens with zero attached hydrogens (tertiary/aromatic N) is 1. The van der Waals surface area contributed by atoms with Crippen LogP contribution in [0.3, 0.4) is 0 Å². The molecule has 0 fully saturated rings. The molecule has 1 aromatic heterocycles. The van der Waals surface area contributed by atoms with Gasteiger partial charge in [0.25, 0.3) is 5.91 Å². The first kappa shape index (κ1) is 14.0. The Morgan fingerprint density at radius 2 is 2.15 bits per heavy atom. The molecule has 2 N–H and O–H groups in total. The SMILES string of the molecule is COc1ncccc1C(=O)Nc1cccc(C(C)O)c1. The van der Waals surface area contributed by atoms with E-state index in [0.717, 1.165) is 5.56 Å². The van der Waals surface area contributed by atoms with Gasteiger partial charge in [0, 0.05) is 11.9 Å². The fourth-order valence-corrected chi connectivity index (χ4v) is 1.80. The van der Waals surface area contributed by atoms with Crippen LogP contribution in [0, 0.1) is 0 Å². The van der Waals surface area contributed by atoms with Crippen LogP contribution in [-0.4, -0.2) is 23.1 Å². The van der Waals surface area contributed by atoms with Crippen LogP contribution in [0.15, 0.2) is 42.6 Å². The zero-order valence-corrected chi connectivity index (χ0v) is 11.3. The van der Waals surface area contributed by atoms with Crippen LogP contribution in [-0.2, 0) is 0 Å². The van der Waals surface area contributed by atoms with Crippen LogP contribution in [0.5, 0.6) is 5.88 Å².